The van der Waals surface area contributed by atoms with Gasteiger partial charge in [0.15, 0.2) is 6.61 Å². The van der Waals surface area contributed by atoms with Crippen molar-refractivity contribution in [3.05, 3.63) is 64.0 Å². The van der Waals surface area contributed by atoms with Crippen LogP contribution in [0.5, 0.6) is 0 Å². The first-order chi connectivity index (χ1) is 14.6. The molecule has 6 nitrogen and oxygen atoms in total. The smallest absolute Gasteiger partial charge is 0.416 e. The average Bonchev–Trinajstić information content (AvgIpc) is 3.07. The summed E-state index contributed by atoms with van der Waals surface area (Å²) < 4.78 is 43.6. The molecule has 0 saturated heterocycles. The number of rotatable bonds is 6. The topological polar surface area (TPSA) is 84.5 Å². The van der Waals surface area contributed by atoms with Crippen LogP contribution in [0.15, 0.2) is 48.5 Å². The number of amides is 2. The van der Waals surface area contributed by atoms with Gasteiger partial charge in [0.1, 0.15) is 11.4 Å². The third-order valence-electron chi connectivity index (χ3n) is 3.97. The van der Waals surface area contributed by atoms with Crippen LogP contribution in [0.4, 0.5) is 18.9 Å². The Labute approximate surface area is 182 Å². The average molecular weight is 471 g/mol. The van der Waals surface area contributed by atoms with Crippen molar-refractivity contribution in [3.8, 4) is 0 Å². The van der Waals surface area contributed by atoms with Crippen molar-refractivity contribution in [1.82, 2.24) is 5.32 Å². The maximum atomic E-state index is 12.7. The van der Waals surface area contributed by atoms with Crippen LogP contribution in [0.3, 0.4) is 0 Å². The largest absolute Gasteiger partial charge is 0.454 e. The number of alkyl halides is 3. The zero-order valence-electron chi connectivity index (χ0n) is 15.6. The quantitative estimate of drug-likeness (QED) is 0.520. The van der Waals surface area contributed by atoms with Crippen LogP contribution >= 0.6 is 22.9 Å². The van der Waals surface area contributed by atoms with E-state index in [9.17, 15) is 27.6 Å². The van der Waals surface area contributed by atoms with E-state index in [0.29, 0.717) is 5.39 Å². The minimum absolute atomic E-state index is 0.0939. The Morgan fingerprint density at radius 2 is 1.81 bits per heavy atom. The minimum atomic E-state index is -4.55. The molecule has 3 rings (SSSR count). The van der Waals surface area contributed by atoms with Crippen LogP contribution in [0.1, 0.15) is 15.2 Å². The molecule has 0 atom stereocenters. The first kappa shape index (κ1) is 22.6. The molecular weight excluding hydrogens is 457 g/mol. The molecule has 31 heavy (non-hydrogen) atoms. The number of carbonyl (C=O) groups is 3. The molecule has 1 heterocycles. The van der Waals surface area contributed by atoms with Crippen molar-refractivity contribution in [2.24, 2.45) is 0 Å². The summed E-state index contributed by atoms with van der Waals surface area (Å²) in [7, 11) is 0. The molecule has 0 radical (unpaired) electrons. The maximum Gasteiger partial charge on any atom is 0.416 e. The molecule has 0 aliphatic carbocycles. The molecule has 2 aromatic carbocycles. The molecule has 0 aliphatic heterocycles. The normalized spacial score (nSPS) is 11.2. The Hall–Kier alpha value is -3.11. The van der Waals surface area contributed by atoms with Crippen molar-refractivity contribution in [2.45, 2.75) is 6.18 Å². The van der Waals surface area contributed by atoms with Gasteiger partial charge in [0, 0.05) is 15.8 Å². The highest BCUT2D eigenvalue weighted by molar-refractivity contribution is 7.21. The second kappa shape index (κ2) is 9.36. The highest BCUT2D eigenvalue weighted by Gasteiger charge is 2.30. The number of carbonyl (C=O) groups excluding carboxylic acids is 3. The molecule has 0 fully saturated rings. The Morgan fingerprint density at radius 3 is 2.52 bits per heavy atom. The Kier molecular flexibility index (Phi) is 6.81. The van der Waals surface area contributed by atoms with Crippen LogP contribution in [-0.2, 0) is 20.5 Å². The number of benzene rings is 2. The third kappa shape index (κ3) is 5.74. The Bertz CT molecular complexity index is 1150. The van der Waals surface area contributed by atoms with Crippen molar-refractivity contribution >= 4 is 56.5 Å². The van der Waals surface area contributed by atoms with Crippen molar-refractivity contribution in [3.63, 3.8) is 0 Å². The number of anilines is 1. The highest BCUT2D eigenvalue weighted by atomic mass is 35.5. The predicted molar refractivity (Wildman–Crippen MR) is 110 cm³/mol. The summed E-state index contributed by atoms with van der Waals surface area (Å²) in [5.74, 6) is -2.30. The lowest BCUT2D eigenvalue weighted by Gasteiger charge is -2.10. The molecule has 1 aromatic heterocycles. The zero-order chi connectivity index (χ0) is 22.6. The number of nitrogens with one attached hydrogen (secondary N) is 2. The zero-order valence-corrected chi connectivity index (χ0v) is 17.2. The van der Waals surface area contributed by atoms with Crippen LogP contribution in [0, 0.1) is 0 Å². The summed E-state index contributed by atoms with van der Waals surface area (Å²) in [5.41, 5.74) is -1.02. The number of thiophene rings is 1. The van der Waals surface area contributed by atoms with Gasteiger partial charge in [-0.25, -0.2) is 0 Å². The number of halogens is 4. The van der Waals surface area contributed by atoms with Gasteiger partial charge < -0.3 is 15.4 Å². The molecule has 0 bridgehead atoms. The number of esters is 1. The van der Waals surface area contributed by atoms with E-state index < -0.39 is 42.7 Å². The van der Waals surface area contributed by atoms with Crippen LogP contribution in [0.25, 0.3) is 10.1 Å². The van der Waals surface area contributed by atoms with Crippen molar-refractivity contribution in [1.29, 1.82) is 0 Å². The lowest BCUT2D eigenvalue weighted by molar-refractivity contribution is -0.146. The molecule has 0 saturated carbocycles. The van der Waals surface area contributed by atoms with Crippen LogP contribution in [0.2, 0.25) is 5.02 Å². The number of ether oxygens (including phenoxy) is 1. The number of fused-ring (bicyclic) bond motifs is 1. The summed E-state index contributed by atoms with van der Waals surface area (Å²) >= 11 is 7.36. The lowest BCUT2D eigenvalue weighted by Crippen LogP contribution is -2.32. The highest BCUT2D eigenvalue weighted by Crippen LogP contribution is 2.35. The lowest BCUT2D eigenvalue weighted by atomic mass is 10.2. The fraction of sp³-hybridized carbons (Fsp3) is 0.150. The summed E-state index contributed by atoms with van der Waals surface area (Å²) in [4.78, 5) is 36.1. The van der Waals surface area contributed by atoms with Gasteiger partial charge in [-0.1, -0.05) is 35.9 Å². The van der Waals surface area contributed by atoms with Crippen LogP contribution in [-0.4, -0.2) is 30.9 Å². The maximum absolute atomic E-state index is 12.7. The fourth-order valence-electron chi connectivity index (χ4n) is 2.56. The number of hydrogen-bond acceptors (Lipinski definition) is 5. The van der Waals surface area contributed by atoms with E-state index in [-0.39, 0.29) is 15.6 Å². The summed E-state index contributed by atoms with van der Waals surface area (Å²) in [5, 5.41) is 5.54. The van der Waals surface area contributed by atoms with Gasteiger partial charge >= 0.3 is 12.1 Å². The molecule has 162 valence electrons. The molecular formula is C20H14ClF3N2O4S. The van der Waals surface area contributed by atoms with Crippen molar-refractivity contribution < 1.29 is 32.3 Å². The predicted octanol–water partition coefficient (Wildman–Crippen LogP) is 4.49. The molecule has 2 amide bonds. The van der Waals surface area contributed by atoms with Gasteiger partial charge in [0.2, 0.25) is 0 Å². The van der Waals surface area contributed by atoms with E-state index >= 15 is 0 Å². The van der Waals surface area contributed by atoms with E-state index in [2.05, 4.69) is 10.6 Å². The molecule has 11 heteroatoms. The van der Waals surface area contributed by atoms with Gasteiger partial charge in [0.25, 0.3) is 11.8 Å². The van der Waals surface area contributed by atoms with Gasteiger partial charge in [-0.2, -0.15) is 13.2 Å². The fourth-order valence-corrected chi connectivity index (χ4v) is 3.99. The first-order valence-electron chi connectivity index (χ1n) is 8.73. The van der Waals surface area contributed by atoms with Gasteiger partial charge in [-0.05, 0) is 24.3 Å². The number of hydrogen-bond donors (Lipinski definition) is 2. The molecule has 3 aromatic rings. The van der Waals surface area contributed by atoms with E-state index in [4.69, 9.17) is 16.3 Å². The monoisotopic (exact) mass is 470 g/mol. The third-order valence-corrected chi connectivity index (χ3v) is 5.65. The SMILES string of the molecule is O=C(COC(=O)CNC(=O)c1sc2ccccc2c1Cl)Nc1cccc(C(F)(F)F)c1. The molecule has 2 N–H and O–H groups in total. The van der Waals surface area contributed by atoms with Crippen molar-refractivity contribution in [2.75, 3.05) is 18.5 Å². The summed E-state index contributed by atoms with van der Waals surface area (Å²) in [6.07, 6.45) is -4.55. The van der Waals surface area contributed by atoms with E-state index in [1.54, 1.807) is 24.3 Å². The Balaban J connectivity index is 1.48. The second-order valence-electron chi connectivity index (χ2n) is 6.21. The molecule has 0 aliphatic rings. The van der Waals surface area contributed by atoms with E-state index in [1.807, 2.05) is 0 Å². The van der Waals surface area contributed by atoms with E-state index in [0.717, 1.165) is 22.9 Å². The van der Waals surface area contributed by atoms with Gasteiger partial charge in [0.05, 0.1) is 10.6 Å². The van der Waals surface area contributed by atoms with Crippen LogP contribution < -0.4 is 10.6 Å². The minimum Gasteiger partial charge on any atom is -0.454 e. The second-order valence-corrected chi connectivity index (χ2v) is 7.64. The molecule has 0 unspecified atom stereocenters. The standard InChI is InChI=1S/C20H14ClF3N2O4S/c21-17-13-6-1-2-7-14(13)31-18(17)19(29)25-9-16(28)30-10-15(27)26-12-5-3-4-11(8-12)20(22,23)24/h1-8H,9-10H2,(H,25,29)(H,26,27). The summed E-state index contributed by atoms with van der Waals surface area (Å²) in [6.45, 7) is -1.24. The van der Waals surface area contributed by atoms with Gasteiger partial charge in [-0.15, -0.1) is 11.3 Å². The molecule has 0 spiro atoms. The Morgan fingerprint density at radius 1 is 1.06 bits per heavy atom. The van der Waals surface area contributed by atoms with E-state index in [1.165, 1.54) is 17.4 Å². The summed E-state index contributed by atoms with van der Waals surface area (Å²) in [6, 6.07) is 11.2. The van der Waals surface area contributed by atoms with Gasteiger partial charge in [-0.3, -0.25) is 14.4 Å². The first-order valence-corrected chi connectivity index (χ1v) is 9.92.